The van der Waals surface area contributed by atoms with Crippen molar-refractivity contribution in [2.75, 3.05) is 0 Å². The molecule has 3 heterocycles. The second-order valence-corrected chi connectivity index (χ2v) is 4.41. The molecule has 0 aliphatic heterocycles. The molecule has 3 aromatic rings. The first-order valence-corrected chi connectivity index (χ1v) is 6.37. The predicted octanol–water partition coefficient (Wildman–Crippen LogP) is 1.40. The first kappa shape index (κ1) is 13.0. The third-order valence-electron chi connectivity index (χ3n) is 2.94. The Balaban J connectivity index is 1.66. The Morgan fingerprint density at radius 2 is 2.24 bits per heavy atom. The summed E-state index contributed by atoms with van der Waals surface area (Å²) in [7, 11) is 1.81. The fourth-order valence-corrected chi connectivity index (χ4v) is 1.87. The molecule has 7 nitrogen and oxygen atoms in total. The van der Waals surface area contributed by atoms with Crippen molar-refractivity contribution in [3.63, 3.8) is 0 Å². The number of nitrogens with zero attached hydrogens (tertiary/aromatic N) is 4. The maximum Gasteiger partial charge on any atom is 0.268 e. The highest BCUT2D eigenvalue weighted by Crippen LogP contribution is 2.11. The standard InChI is InChI=1S/C14H13N5O2/c1-19-8-4-6-11(19)14(20)16-9-12-17-13(18-21-12)10-5-2-3-7-15-10/h2-8H,9H2,1H3,(H,16,20). The van der Waals surface area contributed by atoms with Crippen molar-refractivity contribution < 1.29 is 9.32 Å². The summed E-state index contributed by atoms with van der Waals surface area (Å²) in [5.41, 5.74) is 1.20. The molecule has 0 spiro atoms. The van der Waals surface area contributed by atoms with E-state index in [9.17, 15) is 4.79 Å². The van der Waals surface area contributed by atoms with E-state index in [2.05, 4.69) is 20.4 Å². The molecule has 0 saturated heterocycles. The van der Waals surface area contributed by atoms with Gasteiger partial charge in [0.05, 0.1) is 6.54 Å². The minimum atomic E-state index is -0.194. The second-order valence-electron chi connectivity index (χ2n) is 4.41. The molecule has 106 valence electrons. The van der Waals surface area contributed by atoms with E-state index in [-0.39, 0.29) is 12.5 Å². The number of carbonyl (C=O) groups is 1. The molecule has 3 rings (SSSR count). The Bertz CT molecular complexity index is 748. The minimum Gasteiger partial charge on any atom is -0.347 e. The van der Waals surface area contributed by atoms with Crippen LogP contribution in [-0.4, -0.2) is 25.6 Å². The van der Waals surface area contributed by atoms with Gasteiger partial charge in [0.1, 0.15) is 11.4 Å². The smallest absolute Gasteiger partial charge is 0.268 e. The van der Waals surface area contributed by atoms with Gasteiger partial charge in [0.25, 0.3) is 5.91 Å². The Morgan fingerprint density at radius 3 is 2.95 bits per heavy atom. The van der Waals surface area contributed by atoms with E-state index < -0.39 is 0 Å². The molecule has 0 radical (unpaired) electrons. The molecule has 0 saturated carbocycles. The molecule has 0 aromatic carbocycles. The summed E-state index contributed by atoms with van der Waals surface area (Å²) in [5.74, 6) is 0.539. The van der Waals surface area contributed by atoms with Crippen LogP contribution >= 0.6 is 0 Å². The zero-order chi connectivity index (χ0) is 14.7. The number of carbonyl (C=O) groups excluding carboxylic acids is 1. The lowest BCUT2D eigenvalue weighted by molar-refractivity contribution is 0.0938. The summed E-state index contributed by atoms with van der Waals surface area (Å²) < 4.78 is 6.83. The summed E-state index contributed by atoms with van der Waals surface area (Å²) in [5, 5.41) is 6.57. The molecule has 0 fully saturated rings. The number of hydrogen-bond acceptors (Lipinski definition) is 5. The first-order valence-electron chi connectivity index (χ1n) is 6.37. The number of nitrogens with one attached hydrogen (secondary N) is 1. The zero-order valence-electron chi connectivity index (χ0n) is 11.4. The lowest BCUT2D eigenvalue weighted by atomic mass is 10.3. The SMILES string of the molecule is Cn1cccc1C(=O)NCc1nc(-c2ccccn2)no1. The van der Waals surface area contributed by atoms with Crippen LogP contribution in [0.5, 0.6) is 0 Å². The van der Waals surface area contributed by atoms with Gasteiger partial charge in [-0.05, 0) is 24.3 Å². The molecule has 0 aliphatic carbocycles. The summed E-state index contributed by atoms with van der Waals surface area (Å²) in [6.45, 7) is 0.170. The van der Waals surface area contributed by atoms with Crippen LogP contribution in [0, 0.1) is 0 Å². The normalized spacial score (nSPS) is 10.5. The largest absolute Gasteiger partial charge is 0.347 e. The average molecular weight is 283 g/mol. The van der Waals surface area contributed by atoms with Crippen LogP contribution in [0.4, 0.5) is 0 Å². The monoisotopic (exact) mass is 283 g/mol. The van der Waals surface area contributed by atoms with Gasteiger partial charge in [0.2, 0.25) is 11.7 Å². The highest BCUT2D eigenvalue weighted by atomic mass is 16.5. The maximum absolute atomic E-state index is 11.9. The van der Waals surface area contributed by atoms with E-state index in [1.54, 1.807) is 42.2 Å². The van der Waals surface area contributed by atoms with Gasteiger partial charge in [-0.3, -0.25) is 9.78 Å². The van der Waals surface area contributed by atoms with E-state index in [1.807, 2.05) is 12.1 Å². The van der Waals surface area contributed by atoms with Gasteiger partial charge < -0.3 is 14.4 Å². The average Bonchev–Trinajstić information content (AvgIpc) is 3.15. The lowest BCUT2D eigenvalue weighted by Gasteiger charge is -2.03. The Kier molecular flexibility index (Phi) is 3.46. The van der Waals surface area contributed by atoms with E-state index in [0.29, 0.717) is 23.1 Å². The van der Waals surface area contributed by atoms with Gasteiger partial charge in [-0.15, -0.1) is 0 Å². The number of hydrogen-bond donors (Lipinski definition) is 1. The van der Waals surface area contributed by atoms with Crippen molar-refractivity contribution in [1.29, 1.82) is 0 Å². The molecular formula is C14H13N5O2. The van der Waals surface area contributed by atoms with E-state index in [4.69, 9.17) is 4.52 Å². The van der Waals surface area contributed by atoms with Gasteiger partial charge in [0, 0.05) is 19.4 Å². The van der Waals surface area contributed by atoms with Crippen LogP contribution < -0.4 is 5.32 Å². The fourth-order valence-electron chi connectivity index (χ4n) is 1.87. The number of aryl methyl sites for hydroxylation is 1. The molecule has 0 bridgehead atoms. The van der Waals surface area contributed by atoms with Crippen LogP contribution in [-0.2, 0) is 13.6 Å². The Hall–Kier alpha value is -2.96. The minimum absolute atomic E-state index is 0.170. The van der Waals surface area contributed by atoms with Crippen molar-refractivity contribution >= 4 is 5.91 Å². The third kappa shape index (κ3) is 2.81. The molecule has 3 aromatic heterocycles. The van der Waals surface area contributed by atoms with Crippen LogP contribution in [0.1, 0.15) is 16.4 Å². The molecule has 1 amide bonds. The summed E-state index contributed by atoms with van der Waals surface area (Å²) in [6, 6.07) is 8.99. The molecule has 0 unspecified atom stereocenters. The topological polar surface area (TPSA) is 85.8 Å². The van der Waals surface area contributed by atoms with Gasteiger partial charge in [-0.25, -0.2) is 0 Å². The third-order valence-corrected chi connectivity index (χ3v) is 2.94. The fraction of sp³-hybridized carbons (Fsp3) is 0.143. The summed E-state index contributed by atoms with van der Waals surface area (Å²) >= 11 is 0. The van der Waals surface area contributed by atoms with Gasteiger partial charge in [-0.2, -0.15) is 4.98 Å². The summed E-state index contributed by atoms with van der Waals surface area (Å²) in [6.07, 6.45) is 3.46. The molecule has 7 heteroatoms. The van der Waals surface area contributed by atoms with Crippen molar-refractivity contribution in [2.24, 2.45) is 7.05 Å². The highest BCUT2D eigenvalue weighted by molar-refractivity contribution is 5.92. The maximum atomic E-state index is 11.9. The van der Waals surface area contributed by atoms with E-state index >= 15 is 0 Å². The number of pyridine rings is 1. The number of amides is 1. The molecule has 0 atom stereocenters. The summed E-state index contributed by atoms with van der Waals surface area (Å²) in [4.78, 5) is 20.3. The van der Waals surface area contributed by atoms with Crippen LogP contribution in [0.3, 0.4) is 0 Å². The highest BCUT2D eigenvalue weighted by Gasteiger charge is 2.12. The zero-order valence-corrected chi connectivity index (χ0v) is 11.4. The number of aromatic nitrogens is 4. The first-order chi connectivity index (χ1) is 10.2. The van der Waals surface area contributed by atoms with Crippen molar-refractivity contribution in [3.05, 3.63) is 54.3 Å². The van der Waals surface area contributed by atoms with Gasteiger partial charge in [0.15, 0.2) is 0 Å². The molecule has 21 heavy (non-hydrogen) atoms. The predicted molar refractivity (Wildman–Crippen MR) is 74.1 cm³/mol. The van der Waals surface area contributed by atoms with Gasteiger partial charge >= 0.3 is 0 Å². The van der Waals surface area contributed by atoms with Crippen LogP contribution in [0.15, 0.2) is 47.2 Å². The van der Waals surface area contributed by atoms with Crippen molar-refractivity contribution in [3.8, 4) is 11.5 Å². The quantitative estimate of drug-likeness (QED) is 0.782. The van der Waals surface area contributed by atoms with Gasteiger partial charge in [-0.1, -0.05) is 11.2 Å². The van der Waals surface area contributed by atoms with E-state index in [0.717, 1.165) is 0 Å². The lowest BCUT2D eigenvalue weighted by Crippen LogP contribution is -2.24. The van der Waals surface area contributed by atoms with Crippen molar-refractivity contribution in [1.82, 2.24) is 25.0 Å². The molecular weight excluding hydrogens is 270 g/mol. The Labute approximate surface area is 120 Å². The molecule has 1 N–H and O–H groups in total. The molecule has 0 aliphatic rings. The van der Waals surface area contributed by atoms with Crippen LogP contribution in [0.25, 0.3) is 11.5 Å². The second kappa shape index (κ2) is 5.58. The number of rotatable bonds is 4. The Morgan fingerprint density at radius 1 is 1.33 bits per heavy atom. The van der Waals surface area contributed by atoms with E-state index in [1.165, 1.54) is 0 Å². The van der Waals surface area contributed by atoms with Crippen LogP contribution in [0.2, 0.25) is 0 Å². The van der Waals surface area contributed by atoms with Crippen molar-refractivity contribution in [2.45, 2.75) is 6.54 Å².